The molecule has 0 aliphatic carbocycles. The van der Waals surface area contributed by atoms with Gasteiger partial charge in [0.1, 0.15) is 0 Å². The summed E-state index contributed by atoms with van der Waals surface area (Å²) in [6.45, 7) is 2.60. The molecule has 3 amide bonds. The molecule has 1 fully saturated rings. The number of carboxylic acids is 1. The smallest absolute Gasteiger partial charge is 0.312 e. The zero-order chi connectivity index (χ0) is 16.3. The molecule has 1 aromatic rings. The Morgan fingerprint density at radius 3 is 2.45 bits per heavy atom. The van der Waals surface area contributed by atoms with Gasteiger partial charge in [0.25, 0.3) is 5.91 Å². The first-order valence-corrected chi connectivity index (χ1v) is 6.97. The first-order valence-electron chi connectivity index (χ1n) is 6.97. The highest BCUT2D eigenvalue weighted by Crippen LogP contribution is 2.30. The van der Waals surface area contributed by atoms with Gasteiger partial charge >= 0.3 is 12.0 Å². The lowest BCUT2D eigenvalue weighted by Crippen LogP contribution is -2.34. The lowest BCUT2D eigenvalue weighted by atomic mass is 9.90. The van der Waals surface area contributed by atoms with Crippen LogP contribution in [0.25, 0.3) is 0 Å². The summed E-state index contributed by atoms with van der Waals surface area (Å²) in [5.41, 5.74) is 5.44. The largest absolute Gasteiger partial charge is 0.481 e. The third-order valence-corrected chi connectivity index (χ3v) is 3.94. The molecule has 1 saturated heterocycles. The van der Waals surface area contributed by atoms with E-state index >= 15 is 0 Å². The summed E-state index contributed by atoms with van der Waals surface area (Å²) in [6.07, 6.45) is 0.453. The third kappa shape index (κ3) is 3.36. The Balaban J connectivity index is 2.02. The van der Waals surface area contributed by atoms with Crippen molar-refractivity contribution in [2.24, 2.45) is 11.1 Å². The number of hydrogen-bond acceptors (Lipinski definition) is 3. The van der Waals surface area contributed by atoms with Crippen molar-refractivity contribution in [3.8, 4) is 0 Å². The van der Waals surface area contributed by atoms with E-state index in [1.165, 1.54) is 0 Å². The number of amides is 3. The van der Waals surface area contributed by atoms with E-state index in [0.29, 0.717) is 25.1 Å². The van der Waals surface area contributed by atoms with Crippen LogP contribution in [0.1, 0.15) is 29.3 Å². The molecule has 1 heterocycles. The standard InChI is InChI=1S/C15H19N3O4/c1-15(13(20)21)6-7-18(9-15)12(19)11-4-2-10(3-5-11)8-17-14(16)22/h2-5H,6-9H2,1H3,(H,20,21)(H3,16,17,22)/t15-/m1/s1. The predicted octanol–water partition coefficient (Wildman–Crippen LogP) is 0.792. The van der Waals surface area contributed by atoms with Crippen LogP contribution in [-0.4, -0.2) is 41.0 Å². The first kappa shape index (κ1) is 15.8. The Labute approximate surface area is 128 Å². The van der Waals surface area contributed by atoms with Crippen LogP contribution < -0.4 is 11.1 Å². The van der Waals surface area contributed by atoms with E-state index in [4.69, 9.17) is 5.73 Å². The predicted molar refractivity (Wildman–Crippen MR) is 79.1 cm³/mol. The van der Waals surface area contributed by atoms with Crippen LogP contribution in [0.3, 0.4) is 0 Å². The average molecular weight is 305 g/mol. The molecule has 0 radical (unpaired) electrons. The SMILES string of the molecule is C[C@@]1(C(=O)O)CCN(C(=O)c2ccc(CNC(N)=O)cc2)C1. The van der Waals surface area contributed by atoms with Crippen LogP contribution in [0.4, 0.5) is 4.79 Å². The van der Waals surface area contributed by atoms with Gasteiger partial charge in [0, 0.05) is 25.2 Å². The molecule has 0 spiro atoms. The molecule has 1 aromatic carbocycles. The maximum Gasteiger partial charge on any atom is 0.312 e. The summed E-state index contributed by atoms with van der Waals surface area (Å²) < 4.78 is 0. The number of carbonyl (C=O) groups is 3. The van der Waals surface area contributed by atoms with Gasteiger partial charge < -0.3 is 21.1 Å². The fourth-order valence-corrected chi connectivity index (χ4v) is 2.45. The molecule has 1 aliphatic rings. The van der Waals surface area contributed by atoms with Crippen LogP contribution >= 0.6 is 0 Å². The molecule has 0 aromatic heterocycles. The minimum absolute atomic E-state index is 0.181. The van der Waals surface area contributed by atoms with Gasteiger partial charge in [-0.2, -0.15) is 0 Å². The van der Waals surface area contributed by atoms with Crippen molar-refractivity contribution in [1.82, 2.24) is 10.2 Å². The molecule has 2 rings (SSSR count). The monoisotopic (exact) mass is 305 g/mol. The maximum atomic E-state index is 12.4. The molecule has 22 heavy (non-hydrogen) atoms. The number of nitrogens with one attached hydrogen (secondary N) is 1. The summed E-state index contributed by atoms with van der Waals surface area (Å²) in [5.74, 6) is -1.06. The number of carboxylic acid groups (broad SMARTS) is 1. The molecule has 7 heteroatoms. The van der Waals surface area contributed by atoms with Gasteiger partial charge in [0.15, 0.2) is 0 Å². The van der Waals surface area contributed by atoms with E-state index in [1.54, 1.807) is 36.1 Å². The van der Waals surface area contributed by atoms with Crippen molar-refractivity contribution in [2.45, 2.75) is 19.9 Å². The fourth-order valence-electron chi connectivity index (χ4n) is 2.45. The van der Waals surface area contributed by atoms with Crippen molar-refractivity contribution in [3.63, 3.8) is 0 Å². The van der Waals surface area contributed by atoms with E-state index in [1.807, 2.05) is 0 Å². The summed E-state index contributed by atoms with van der Waals surface area (Å²) in [6, 6.07) is 6.18. The van der Waals surface area contributed by atoms with Crippen LogP contribution in [-0.2, 0) is 11.3 Å². The average Bonchev–Trinajstić information content (AvgIpc) is 2.89. The maximum absolute atomic E-state index is 12.4. The Morgan fingerprint density at radius 1 is 1.32 bits per heavy atom. The molecular formula is C15H19N3O4. The van der Waals surface area contributed by atoms with Gasteiger partial charge in [-0.25, -0.2) is 4.79 Å². The molecule has 0 saturated carbocycles. The van der Waals surface area contributed by atoms with Crippen LogP contribution in [0.15, 0.2) is 24.3 Å². The van der Waals surface area contributed by atoms with Crippen molar-refractivity contribution in [2.75, 3.05) is 13.1 Å². The summed E-state index contributed by atoms with van der Waals surface area (Å²) in [5, 5.41) is 11.7. The summed E-state index contributed by atoms with van der Waals surface area (Å²) in [7, 11) is 0. The fraction of sp³-hybridized carbons (Fsp3) is 0.400. The normalized spacial score (nSPS) is 20.7. The number of nitrogens with two attached hydrogens (primary N) is 1. The van der Waals surface area contributed by atoms with Gasteiger partial charge in [0.05, 0.1) is 5.41 Å². The van der Waals surface area contributed by atoms with E-state index in [-0.39, 0.29) is 12.5 Å². The summed E-state index contributed by atoms with van der Waals surface area (Å²) in [4.78, 5) is 35.8. The van der Waals surface area contributed by atoms with Crippen molar-refractivity contribution >= 4 is 17.9 Å². The van der Waals surface area contributed by atoms with E-state index < -0.39 is 17.4 Å². The number of nitrogens with zero attached hydrogens (tertiary/aromatic N) is 1. The number of carbonyl (C=O) groups excluding carboxylic acids is 2. The Bertz CT molecular complexity index is 599. The van der Waals surface area contributed by atoms with E-state index in [9.17, 15) is 19.5 Å². The third-order valence-electron chi connectivity index (χ3n) is 3.94. The minimum Gasteiger partial charge on any atom is -0.481 e. The van der Waals surface area contributed by atoms with Crippen LogP contribution in [0.2, 0.25) is 0 Å². The van der Waals surface area contributed by atoms with E-state index in [2.05, 4.69) is 5.32 Å². The molecule has 7 nitrogen and oxygen atoms in total. The number of aliphatic carboxylic acids is 1. The molecule has 1 aliphatic heterocycles. The highest BCUT2D eigenvalue weighted by Gasteiger charge is 2.42. The van der Waals surface area contributed by atoms with Crippen molar-refractivity contribution in [3.05, 3.63) is 35.4 Å². The molecular weight excluding hydrogens is 286 g/mol. The second kappa shape index (κ2) is 6.05. The quantitative estimate of drug-likeness (QED) is 0.763. The van der Waals surface area contributed by atoms with Crippen molar-refractivity contribution < 1.29 is 19.5 Å². The van der Waals surface area contributed by atoms with Gasteiger partial charge in [-0.1, -0.05) is 12.1 Å². The topological polar surface area (TPSA) is 113 Å². The second-order valence-electron chi connectivity index (χ2n) is 5.76. The molecule has 118 valence electrons. The van der Waals surface area contributed by atoms with Gasteiger partial charge in [0.2, 0.25) is 0 Å². The number of likely N-dealkylation sites (tertiary alicyclic amines) is 1. The number of urea groups is 1. The van der Waals surface area contributed by atoms with E-state index in [0.717, 1.165) is 5.56 Å². The summed E-state index contributed by atoms with van der Waals surface area (Å²) >= 11 is 0. The molecule has 1 atom stereocenters. The zero-order valence-corrected chi connectivity index (χ0v) is 12.3. The molecule has 4 N–H and O–H groups in total. The minimum atomic E-state index is -0.879. The molecule has 0 bridgehead atoms. The highest BCUT2D eigenvalue weighted by molar-refractivity contribution is 5.95. The van der Waals surface area contributed by atoms with Crippen LogP contribution in [0, 0.1) is 5.41 Å². The highest BCUT2D eigenvalue weighted by atomic mass is 16.4. The lowest BCUT2D eigenvalue weighted by molar-refractivity contribution is -0.147. The lowest BCUT2D eigenvalue weighted by Gasteiger charge is -2.20. The number of rotatable bonds is 4. The van der Waals surface area contributed by atoms with Gasteiger partial charge in [-0.15, -0.1) is 0 Å². The zero-order valence-electron chi connectivity index (χ0n) is 12.3. The second-order valence-corrected chi connectivity index (χ2v) is 5.76. The number of benzene rings is 1. The molecule has 0 unspecified atom stereocenters. The number of hydrogen-bond donors (Lipinski definition) is 3. The number of primary amides is 1. The van der Waals surface area contributed by atoms with Crippen molar-refractivity contribution in [1.29, 1.82) is 0 Å². The van der Waals surface area contributed by atoms with Gasteiger partial charge in [-0.3, -0.25) is 9.59 Å². The Hall–Kier alpha value is -2.57. The van der Waals surface area contributed by atoms with Gasteiger partial charge in [-0.05, 0) is 31.0 Å². The van der Waals surface area contributed by atoms with Crippen LogP contribution in [0.5, 0.6) is 0 Å². The Kier molecular flexibility index (Phi) is 4.35. The Morgan fingerprint density at radius 2 is 1.95 bits per heavy atom. The first-order chi connectivity index (χ1) is 10.3.